The van der Waals surface area contributed by atoms with Gasteiger partial charge in [-0.15, -0.1) is 0 Å². The van der Waals surface area contributed by atoms with Crippen LogP contribution in [0.15, 0.2) is 89.3 Å². The van der Waals surface area contributed by atoms with Crippen LogP contribution in [0, 0.1) is 10.8 Å². The molecule has 0 saturated carbocycles. The smallest absolute Gasteiger partial charge is 0.262 e. The summed E-state index contributed by atoms with van der Waals surface area (Å²) in [4.78, 5) is 43.6. The number of ether oxygens (including phenoxy) is 2. The summed E-state index contributed by atoms with van der Waals surface area (Å²) < 4.78 is 12.0. The summed E-state index contributed by atoms with van der Waals surface area (Å²) in [6.07, 6.45) is 2.14. The number of benzene rings is 3. The van der Waals surface area contributed by atoms with Crippen molar-refractivity contribution in [3.8, 4) is 11.5 Å². The van der Waals surface area contributed by atoms with Gasteiger partial charge in [-0.1, -0.05) is 81.2 Å². The van der Waals surface area contributed by atoms with Crippen LogP contribution in [0.25, 0.3) is 0 Å². The molecule has 9 heteroatoms. The van der Waals surface area contributed by atoms with E-state index in [1.165, 1.54) is 0 Å². The minimum absolute atomic E-state index is 0.0341. The second-order valence-corrected chi connectivity index (χ2v) is 15.6. The van der Waals surface area contributed by atoms with Crippen molar-refractivity contribution < 1.29 is 23.9 Å². The maximum Gasteiger partial charge on any atom is 0.262 e. The van der Waals surface area contributed by atoms with Crippen molar-refractivity contribution in [1.82, 2.24) is 4.90 Å². The quantitative estimate of drug-likeness (QED) is 0.240. The summed E-state index contributed by atoms with van der Waals surface area (Å²) in [5.41, 5.74) is 5.10. The summed E-state index contributed by atoms with van der Waals surface area (Å²) in [5.74, 6) is -0.365. The lowest BCUT2D eigenvalue weighted by Gasteiger charge is -2.49. The molecule has 0 fully saturated rings. The number of ketones is 2. The molecule has 7 nitrogen and oxygen atoms in total. The number of hydrogen-bond donors (Lipinski definition) is 1. The number of halogens is 2. The molecule has 0 unspecified atom stereocenters. The van der Waals surface area contributed by atoms with Gasteiger partial charge in [-0.2, -0.15) is 0 Å². The van der Waals surface area contributed by atoms with Crippen molar-refractivity contribution in [3.05, 3.63) is 110 Å². The number of allylic oxidation sites excluding steroid dienone is 4. The molecule has 6 rings (SSSR count). The average Bonchev–Trinajstić information content (AvgIpc) is 3.02. The third-order valence-corrected chi connectivity index (χ3v) is 9.88. The van der Waals surface area contributed by atoms with Crippen LogP contribution in [0.2, 0.25) is 10.0 Å². The maximum atomic E-state index is 14.3. The summed E-state index contributed by atoms with van der Waals surface area (Å²) in [6, 6.07) is 20.5. The number of nitrogens with one attached hydrogen (secondary N) is 1. The van der Waals surface area contributed by atoms with E-state index >= 15 is 0 Å². The van der Waals surface area contributed by atoms with Gasteiger partial charge in [-0.25, -0.2) is 0 Å². The molecule has 3 aromatic carbocycles. The van der Waals surface area contributed by atoms with Crippen LogP contribution in [0.3, 0.4) is 0 Å². The van der Waals surface area contributed by atoms with Crippen molar-refractivity contribution >= 4 is 46.4 Å². The molecule has 0 radical (unpaired) electrons. The van der Waals surface area contributed by atoms with Crippen molar-refractivity contribution in [2.45, 2.75) is 72.8 Å². The lowest BCUT2D eigenvalue weighted by atomic mass is 9.63. The van der Waals surface area contributed by atoms with Crippen molar-refractivity contribution in [2.75, 3.05) is 18.5 Å². The Labute approximate surface area is 298 Å². The van der Waals surface area contributed by atoms with Gasteiger partial charge in [0.2, 0.25) is 0 Å². The Bertz CT molecular complexity index is 1810. The fourth-order valence-corrected chi connectivity index (χ4v) is 7.76. The molecule has 2 aliphatic carbocycles. The van der Waals surface area contributed by atoms with E-state index in [-0.39, 0.29) is 45.7 Å². The second kappa shape index (κ2) is 13.7. The van der Waals surface area contributed by atoms with Crippen LogP contribution < -0.4 is 14.8 Å². The SMILES string of the molecule is CCOc1cc(C2C3=C(CC(C)(C)CC3=O)N(Cc3ccccc3)C3=C2C(=O)CC(C)(C)C3)cc(Cl)c1OCC(=O)Nc1ccc(Cl)cc1. The maximum absolute atomic E-state index is 14.3. The molecule has 3 aliphatic rings. The van der Waals surface area contributed by atoms with Crippen molar-refractivity contribution in [2.24, 2.45) is 10.8 Å². The van der Waals surface area contributed by atoms with Gasteiger partial charge in [0.15, 0.2) is 29.7 Å². The second-order valence-electron chi connectivity index (χ2n) is 14.7. The number of anilines is 1. The first-order valence-corrected chi connectivity index (χ1v) is 17.5. The van der Waals surface area contributed by atoms with Crippen LogP contribution in [-0.2, 0) is 20.9 Å². The Balaban J connectivity index is 1.44. The Morgan fingerprint density at radius 3 is 2.00 bits per heavy atom. The van der Waals surface area contributed by atoms with Crippen molar-refractivity contribution in [1.29, 1.82) is 0 Å². The van der Waals surface area contributed by atoms with Gasteiger partial charge in [-0.05, 0) is 78.1 Å². The first kappa shape index (κ1) is 34.8. The molecular weight excluding hydrogens is 659 g/mol. The van der Waals surface area contributed by atoms with Crippen LogP contribution in [0.1, 0.15) is 77.3 Å². The molecule has 1 heterocycles. The molecule has 1 N–H and O–H groups in total. The molecule has 0 atom stereocenters. The van der Waals surface area contributed by atoms with E-state index in [9.17, 15) is 14.4 Å². The van der Waals surface area contributed by atoms with E-state index in [1.54, 1.807) is 30.3 Å². The molecule has 256 valence electrons. The van der Waals surface area contributed by atoms with Crippen molar-refractivity contribution in [3.63, 3.8) is 0 Å². The Hall–Kier alpha value is -4.07. The third kappa shape index (κ3) is 7.43. The Kier molecular flexibility index (Phi) is 9.71. The van der Waals surface area contributed by atoms with Gasteiger partial charge in [0.05, 0.1) is 11.6 Å². The summed E-state index contributed by atoms with van der Waals surface area (Å²) in [5, 5.41) is 3.57. The number of nitrogens with zero attached hydrogens (tertiary/aromatic N) is 1. The van der Waals surface area contributed by atoms with Crippen LogP contribution in [0.5, 0.6) is 11.5 Å². The third-order valence-electron chi connectivity index (χ3n) is 9.35. The Morgan fingerprint density at radius 1 is 0.837 bits per heavy atom. The summed E-state index contributed by atoms with van der Waals surface area (Å²) in [7, 11) is 0. The predicted octanol–water partition coefficient (Wildman–Crippen LogP) is 9.30. The fraction of sp³-hybridized carbons (Fsp3) is 0.375. The van der Waals surface area contributed by atoms with Gasteiger partial charge in [0.1, 0.15) is 0 Å². The minimum Gasteiger partial charge on any atom is -0.490 e. The number of hydrogen-bond acceptors (Lipinski definition) is 6. The van der Waals surface area contributed by atoms with Crippen LogP contribution >= 0.6 is 23.2 Å². The largest absolute Gasteiger partial charge is 0.490 e. The molecule has 0 saturated heterocycles. The zero-order valence-corrected chi connectivity index (χ0v) is 30.1. The number of Topliss-reactive ketones (excluding diaryl/α,β-unsaturated/α-hetero) is 2. The monoisotopic (exact) mass is 700 g/mol. The minimum atomic E-state index is -0.608. The molecule has 3 aromatic rings. The Morgan fingerprint density at radius 2 is 1.43 bits per heavy atom. The molecule has 1 aliphatic heterocycles. The number of rotatable bonds is 9. The van der Waals surface area contributed by atoms with Gasteiger partial charge >= 0.3 is 0 Å². The predicted molar refractivity (Wildman–Crippen MR) is 193 cm³/mol. The molecule has 1 amide bonds. The van der Waals surface area contributed by atoms with E-state index < -0.39 is 5.92 Å². The first-order chi connectivity index (χ1) is 23.2. The standard InChI is InChI=1S/C40H42Cl2N2O5/c1-6-48-33-17-25(16-28(42)38(33)49-23-34(47)43-27-14-12-26(41)13-15-27)35-36-29(18-39(2,3)20-31(36)45)44(22-24-10-8-7-9-11-24)30-19-40(4,5)21-32(46)37(30)35/h7-17,35H,6,18-23H2,1-5H3,(H,43,47). The van der Waals surface area contributed by atoms with Gasteiger partial charge in [-0.3, -0.25) is 14.4 Å². The highest BCUT2D eigenvalue weighted by Gasteiger charge is 2.49. The highest BCUT2D eigenvalue weighted by molar-refractivity contribution is 6.32. The number of carbonyl (C=O) groups excluding carboxylic acids is 3. The molecule has 0 spiro atoms. The van der Waals surface area contributed by atoms with Gasteiger partial charge in [0.25, 0.3) is 5.91 Å². The van der Waals surface area contributed by atoms with E-state index in [2.05, 4.69) is 50.0 Å². The highest BCUT2D eigenvalue weighted by atomic mass is 35.5. The first-order valence-electron chi connectivity index (χ1n) is 16.7. The topological polar surface area (TPSA) is 84.9 Å². The molecule has 0 aromatic heterocycles. The lowest BCUT2D eigenvalue weighted by molar-refractivity contribution is -0.120. The highest BCUT2D eigenvalue weighted by Crippen LogP contribution is 2.55. The molecule has 0 bridgehead atoms. The fourth-order valence-electron chi connectivity index (χ4n) is 7.36. The number of carbonyl (C=O) groups is 3. The average molecular weight is 702 g/mol. The van der Waals surface area contributed by atoms with Gasteiger partial charge < -0.3 is 19.7 Å². The van der Waals surface area contributed by atoms with Crippen LogP contribution in [-0.4, -0.2) is 35.6 Å². The summed E-state index contributed by atoms with van der Waals surface area (Å²) in [6.45, 7) is 10.9. The number of amides is 1. The lowest BCUT2D eigenvalue weighted by Crippen LogP contribution is -2.44. The van der Waals surface area contributed by atoms with Gasteiger partial charge in [0, 0.05) is 58.6 Å². The van der Waals surface area contributed by atoms with E-state index in [1.807, 2.05) is 31.2 Å². The van der Waals surface area contributed by atoms with E-state index in [0.29, 0.717) is 72.0 Å². The summed E-state index contributed by atoms with van der Waals surface area (Å²) >= 11 is 12.9. The molecular formula is C40H42Cl2N2O5. The normalized spacial score (nSPS) is 18.6. The van der Waals surface area contributed by atoms with E-state index in [0.717, 1.165) is 17.0 Å². The van der Waals surface area contributed by atoms with E-state index in [4.69, 9.17) is 32.7 Å². The molecule has 49 heavy (non-hydrogen) atoms. The van der Waals surface area contributed by atoms with Crippen LogP contribution in [0.4, 0.5) is 5.69 Å². The zero-order valence-electron chi connectivity index (χ0n) is 28.6. The zero-order chi connectivity index (χ0) is 35.1.